The zero-order chi connectivity index (χ0) is 12.7. The Morgan fingerprint density at radius 3 is 2.47 bits per heavy atom. The van der Waals surface area contributed by atoms with Crippen molar-refractivity contribution in [3.05, 3.63) is 11.1 Å². The minimum absolute atomic E-state index is 0.844. The van der Waals surface area contributed by atoms with Crippen LogP contribution in [0.5, 0.6) is 0 Å². The molecule has 0 saturated heterocycles. The number of hydrogen-bond donors (Lipinski definition) is 0. The molecular formula is C17H32. The summed E-state index contributed by atoms with van der Waals surface area (Å²) in [6.07, 6.45) is 12.6. The molecule has 0 aliphatic heterocycles. The van der Waals surface area contributed by atoms with Gasteiger partial charge in [0.25, 0.3) is 0 Å². The summed E-state index contributed by atoms with van der Waals surface area (Å²) in [7, 11) is 0. The molecule has 0 heterocycles. The van der Waals surface area contributed by atoms with Crippen molar-refractivity contribution in [2.24, 2.45) is 11.8 Å². The fourth-order valence-corrected chi connectivity index (χ4v) is 3.09. The molecule has 100 valence electrons. The van der Waals surface area contributed by atoms with E-state index in [0.717, 1.165) is 11.8 Å². The third-order valence-electron chi connectivity index (χ3n) is 4.61. The van der Waals surface area contributed by atoms with E-state index in [4.69, 9.17) is 0 Å². The van der Waals surface area contributed by atoms with Crippen molar-refractivity contribution in [3.8, 4) is 0 Å². The first-order valence-corrected chi connectivity index (χ1v) is 7.89. The van der Waals surface area contributed by atoms with Gasteiger partial charge in [0.2, 0.25) is 0 Å². The molecule has 0 bridgehead atoms. The normalized spacial score (nSPS) is 25.1. The molecule has 1 aliphatic rings. The molecule has 17 heavy (non-hydrogen) atoms. The van der Waals surface area contributed by atoms with E-state index in [-0.39, 0.29) is 0 Å². The zero-order valence-electron chi connectivity index (χ0n) is 12.5. The summed E-state index contributed by atoms with van der Waals surface area (Å²) in [5.74, 6) is 1.71. The first-order valence-electron chi connectivity index (χ1n) is 7.89. The molecule has 0 heteroatoms. The molecule has 0 aromatic rings. The van der Waals surface area contributed by atoms with Gasteiger partial charge < -0.3 is 0 Å². The van der Waals surface area contributed by atoms with E-state index in [1.165, 1.54) is 57.8 Å². The maximum Gasteiger partial charge on any atom is -0.0229 e. The molecule has 1 rings (SSSR count). The van der Waals surface area contributed by atoms with E-state index in [1.54, 1.807) is 5.57 Å². The van der Waals surface area contributed by atoms with Gasteiger partial charge in [0, 0.05) is 0 Å². The summed E-state index contributed by atoms with van der Waals surface area (Å²) < 4.78 is 0. The lowest BCUT2D eigenvalue weighted by atomic mass is 9.83. The fraction of sp³-hybridized carbons (Fsp3) is 0.882. The van der Waals surface area contributed by atoms with E-state index in [2.05, 4.69) is 27.7 Å². The average Bonchev–Trinajstić information content (AvgIpc) is 2.42. The molecule has 0 fully saturated rings. The van der Waals surface area contributed by atoms with E-state index in [9.17, 15) is 0 Å². The van der Waals surface area contributed by atoms with Crippen LogP contribution < -0.4 is 0 Å². The maximum atomic E-state index is 2.47. The highest BCUT2D eigenvalue weighted by atomic mass is 14.2. The fourth-order valence-electron chi connectivity index (χ4n) is 3.09. The van der Waals surface area contributed by atoms with Crippen LogP contribution in [-0.4, -0.2) is 0 Å². The zero-order valence-corrected chi connectivity index (χ0v) is 12.5. The number of hydrogen-bond acceptors (Lipinski definition) is 0. The monoisotopic (exact) mass is 236 g/mol. The van der Waals surface area contributed by atoms with Crippen LogP contribution in [0.15, 0.2) is 11.1 Å². The molecule has 0 saturated carbocycles. The smallest absolute Gasteiger partial charge is 0.0229 e. The van der Waals surface area contributed by atoms with Crippen molar-refractivity contribution < 1.29 is 0 Å². The van der Waals surface area contributed by atoms with Crippen LogP contribution in [0.2, 0.25) is 0 Å². The van der Waals surface area contributed by atoms with Gasteiger partial charge in [0.05, 0.1) is 0 Å². The summed E-state index contributed by atoms with van der Waals surface area (Å²) in [6.45, 7) is 9.57. The van der Waals surface area contributed by atoms with Gasteiger partial charge in [-0.1, -0.05) is 64.5 Å². The van der Waals surface area contributed by atoms with Gasteiger partial charge in [-0.05, 0) is 43.9 Å². The molecule has 1 aliphatic carbocycles. The van der Waals surface area contributed by atoms with Gasteiger partial charge in [0.1, 0.15) is 0 Å². The Balaban J connectivity index is 2.82. The van der Waals surface area contributed by atoms with Gasteiger partial charge in [-0.2, -0.15) is 0 Å². The van der Waals surface area contributed by atoms with Crippen molar-refractivity contribution in [2.75, 3.05) is 0 Å². The van der Waals surface area contributed by atoms with Crippen LogP contribution in [-0.2, 0) is 0 Å². The summed E-state index contributed by atoms with van der Waals surface area (Å²) in [4.78, 5) is 0. The number of allylic oxidation sites excluding steroid dienone is 2. The summed E-state index contributed by atoms with van der Waals surface area (Å²) in [6, 6.07) is 0. The van der Waals surface area contributed by atoms with E-state index < -0.39 is 0 Å². The maximum absolute atomic E-state index is 2.47. The first kappa shape index (κ1) is 14.8. The predicted octanol–water partition coefficient (Wildman–Crippen LogP) is 6.12. The van der Waals surface area contributed by atoms with Crippen LogP contribution in [0.4, 0.5) is 0 Å². The quantitative estimate of drug-likeness (QED) is 0.516. The second-order valence-corrected chi connectivity index (χ2v) is 6.05. The highest BCUT2D eigenvalue weighted by Gasteiger charge is 2.16. The van der Waals surface area contributed by atoms with Gasteiger partial charge in [0.15, 0.2) is 0 Å². The van der Waals surface area contributed by atoms with Gasteiger partial charge in [-0.3, -0.25) is 0 Å². The Morgan fingerprint density at radius 2 is 1.82 bits per heavy atom. The lowest BCUT2D eigenvalue weighted by Crippen LogP contribution is -2.07. The Bertz CT molecular complexity index is 236. The van der Waals surface area contributed by atoms with Crippen LogP contribution >= 0.6 is 0 Å². The average molecular weight is 236 g/mol. The highest BCUT2D eigenvalue weighted by molar-refractivity contribution is 5.17. The Kier molecular flexibility index (Phi) is 6.92. The largest absolute Gasteiger partial charge is 0.0710 e. The summed E-state index contributed by atoms with van der Waals surface area (Å²) >= 11 is 0. The molecule has 0 radical (unpaired) electrons. The van der Waals surface area contributed by atoms with Crippen molar-refractivity contribution >= 4 is 0 Å². The SMILES string of the molecule is CCC1=C(CC(C)CC)C(C)CCCCCC1. The third kappa shape index (κ3) is 4.85. The van der Waals surface area contributed by atoms with Crippen molar-refractivity contribution in [1.29, 1.82) is 0 Å². The Labute approximate surface area is 109 Å². The highest BCUT2D eigenvalue weighted by Crippen LogP contribution is 2.33. The summed E-state index contributed by atoms with van der Waals surface area (Å²) in [5.41, 5.74) is 3.64. The standard InChI is InChI=1S/C17H32/c1-5-14(3)13-17-15(4)11-9-7-8-10-12-16(17)6-2/h14-15H,5-13H2,1-4H3. The van der Waals surface area contributed by atoms with Crippen molar-refractivity contribution in [2.45, 2.75) is 85.5 Å². The lowest BCUT2D eigenvalue weighted by Gasteiger charge is -2.22. The second-order valence-electron chi connectivity index (χ2n) is 6.05. The molecule has 0 N–H and O–H groups in total. The molecule has 0 amide bonds. The van der Waals surface area contributed by atoms with Gasteiger partial charge in [-0.25, -0.2) is 0 Å². The van der Waals surface area contributed by atoms with E-state index in [0.29, 0.717) is 0 Å². The van der Waals surface area contributed by atoms with Crippen molar-refractivity contribution in [1.82, 2.24) is 0 Å². The Hall–Kier alpha value is -0.260. The van der Waals surface area contributed by atoms with E-state index >= 15 is 0 Å². The molecule has 0 aromatic carbocycles. The molecular weight excluding hydrogens is 204 g/mol. The van der Waals surface area contributed by atoms with Crippen LogP contribution in [0, 0.1) is 11.8 Å². The molecule has 0 nitrogen and oxygen atoms in total. The molecule has 0 spiro atoms. The van der Waals surface area contributed by atoms with Crippen LogP contribution in [0.3, 0.4) is 0 Å². The third-order valence-corrected chi connectivity index (χ3v) is 4.61. The Morgan fingerprint density at radius 1 is 1.12 bits per heavy atom. The summed E-state index contributed by atoms with van der Waals surface area (Å²) in [5, 5.41) is 0. The first-order chi connectivity index (χ1) is 8.19. The molecule has 0 aromatic heterocycles. The minimum Gasteiger partial charge on any atom is -0.0710 e. The van der Waals surface area contributed by atoms with Gasteiger partial charge in [-0.15, -0.1) is 0 Å². The molecule has 2 atom stereocenters. The second kappa shape index (κ2) is 7.95. The number of rotatable bonds is 4. The minimum atomic E-state index is 0.844. The topological polar surface area (TPSA) is 0 Å². The predicted molar refractivity (Wildman–Crippen MR) is 78.3 cm³/mol. The van der Waals surface area contributed by atoms with Gasteiger partial charge >= 0.3 is 0 Å². The molecule has 2 unspecified atom stereocenters. The van der Waals surface area contributed by atoms with Crippen molar-refractivity contribution in [3.63, 3.8) is 0 Å². The van der Waals surface area contributed by atoms with Crippen LogP contribution in [0.1, 0.15) is 85.5 Å². The lowest BCUT2D eigenvalue weighted by molar-refractivity contribution is 0.482. The van der Waals surface area contributed by atoms with Crippen LogP contribution in [0.25, 0.3) is 0 Å². The van der Waals surface area contributed by atoms with E-state index in [1.807, 2.05) is 5.57 Å².